The van der Waals surface area contributed by atoms with E-state index < -0.39 is 35.0 Å². The van der Waals surface area contributed by atoms with Crippen LogP contribution in [0.5, 0.6) is 5.75 Å². The second-order valence-corrected chi connectivity index (χ2v) is 3.98. The Bertz CT molecular complexity index is 365. The lowest BCUT2D eigenvalue weighted by Crippen LogP contribution is -2.29. The molecule has 0 N–H and O–H groups in total. The van der Waals surface area contributed by atoms with Crippen molar-refractivity contribution in [2.24, 2.45) is 0 Å². The maximum Gasteiger partial charge on any atom is 0.404 e. The van der Waals surface area contributed by atoms with Gasteiger partial charge in [-0.05, 0) is 12.1 Å². The molecule has 0 bridgehead atoms. The molecular weight excluding hydrogens is 299 g/mol. The molecular formula is C9H6BrF5O. The summed E-state index contributed by atoms with van der Waals surface area (Å²) in [6.45, 7) is -0.829. The molecule has 1 nitrogen and oxygen atoms in total. The fraction of sp³-hybridized carbons (Fsp3) is 0.333. The molecule has 16 heavy (non-hydrogen) atoms. The van der Waals surface area contributed by atoms with Gasteiger partial charge in [-0.2, -0.15) is 17.6 Å². The molecule has 7 heteroatoms. The monoisotopic (exact) mass is 304 g/mol. The molecule has 0 amide bonds. The van der Waals surface area contributed by atoms with Gasteiger partial charge in [-0.15, -0.1) is 0 Å². The number of hydrogen-bond donors (Lipinski definition) is 0. The summed E-state index contributed by atoms with van der Waals surface area (Å²) in [6.07, 6.45) is -4.50. The predicted octanol–water partition coefficient (Wildman–Crippen LogP) is 3.67. The Labute approximate surface area is 96.3 Å². The molecule has 0 saturated heterocycles. The van der Waals surface area contributed by atoms with Gasteiger partial charge < -0.3 is 4.74 Å². The van der Waals surface area contributed by atoms with Gasteiger partial charge in [0.15, 0.2) is 11.6 Å². The second kappa shape index (κ2) is 4.99. The van der Waals surface area contributed by atoms with Gasteiger partial charge in [0, 0.05) is 0 Å². The summed E-state index contributed by atoms with van der Waals surface area (Å²) in [5.74, 6) is -3.02. The number of hydrogen-bond acceptors (Lipinski definition) is 1. The van der Waals surface area contributed by atoms with Crippen molar-refractivity contribution in [2.75, 3.05) is 6.61 Å². The standard InChI is InChI=1S/C9H6BrF5O/c10-7(9(13,14)15)4-16-6-3-1-2-5(11)8(6)12/h1-3,7H,4H2. The molecule has 0 aliphatic rings. The average molecular weight is 305 g/mol. The summed E-state index contributed by atoms with van der Waals surface area (Å²) in [5.41, 5.74) is 0. The predicted molar refractivity (Wildman–Crippen MR) is 50.6 cm³/mol. The third-order valence-electron chi connectivity index (χ3n) is 1.66. The highest BCUT2D eigenvalue weighted by Crippen LogP contribution is 2.27. The van der Waals surface area contributed by atoms with Gasteiger partial charge in [0.1, 0.15) is 11.4 Å². The first kappa shape index (κ1) is 13.2. The highest BCUT2D eigenvalue weighted by atomic mass is 79.9. The Morgan fingerprint density at radius 1 is 1.25 bits per heavy atom. The van der Waals surface area contributed by atoms with Crippen LogP contribution in [0.15, 0.2) is 18.2 Å². The first-order valence-electron chi connectivity index (χ1n) is 4.10. The maximum absolute atomic E-state index is 13.0. The van der Waals surface area contributed by atoms with Crippen molar-refractivity contribution >= 4 is 15.9 Å². The normalized spacial score (nSPS) is 13.6. The lowest BCUT2D eigenvalue weighted by Gasteiger charge is -2.15. The van der Waals surface area contributed by atoms with E-state index in [1.54, 1.807) is 0 Å². The summed E-state index contributed by atoms with van der Waals surface area (Å²) in [5, 5.41) is 0. The highest BCUT2D eigenvalue weighted by Gasteiger charge is 2.38. The van der Waals surface area contributed by atoms with Gasteiger partial charge in [-0.25, -0.2) is 4.39 Å². The summed E-state index contributed by atoms with van der Waals surface area (Å²) >= 11 is 2.33. The van der Waals surface area contributed by atoms with E-state index in [9.17, 15) is 22.0 Å². The quantitative estimate of drug-likeness (QED) is 0.611. The lowest BCUT2D eigenvalue weighted by molar-refractivity contribution is -0.132. The summed E-state index contributed by atoms with van der Waals surface area (Å²) in [7, 11) is 0. The van der Waals surface area contributed by atoms with E-state index in [0.29, 0.717) is 0 Å². The molecule has 0 aromatic heterocycles. The Hall–Kier alpha value is -0.850. The van der Waals surface area contributed by atoms with E-state index in [2.05, 4.69) is 20.7 Å². The maximum atomic E-state index is 13.0. The molecule has 0 heterocycles. The van der Waals surface area contributed by atoms with E-state index in [4.69, 9.17) is 0 Å². The molecule has 1 atom stereocenters. The van der Waals surface area contributed by atoms with Gasteiger partial charge in [-0.1, -0.05) is 22.0 Å². The summed E-state index contributed by atoms with van der Waals surface area (Å²) in [4.78, 5) is -1.93. The van der Waals surface area contributed by atoms with Crippen LogP contribution in [0.3, 0.4) is 0 Å². The Morgan fingerprint density at radius 3 is 2.44 bits per heavy atom. The van der Waals surface area contributed by atoms with Gasteiger partial charge in [0.05, 0.1) is 0 Å². The van der Waals surface area contributed by atoms with E-state index in [-0.39, 0.29) is 0 Å². The second-order valence-electron chi connectivity index (χ2n) is 2.87. The molecule has 1 aromatic carbocycles. The smallest absolute Gasteiger partial charge is 0.404 e. The molecule has 1 aromatic rings. The molecule has 0 radical (unpaired) electrons. The van der Waals surface area contributed by atoms with Crippen molar-refractivity contribution < 1.29 is 26.7 Å². The zero-order valence-corrected chi connectivity index (χ0v) is 9.28. The molecule has 90 valence electrons. The first-order chi connectivity index (χ1) is 7.32. The van der Waals surface area contributed by atoms with E-state index in [1.807, 2.05) is 0 Å². The van der Waals surface area contributed by atoms with Gasteiger partial charge in [0.2, 0.25) is 5.82 Å². The molecule has 0 aliphatic carbocycles. The van der Waals surface area contributed by atoms with Crippen LogP contribution in [0.4, 0.5) is 22.0 Å². The molecule has 0 aliphatic heterocycles. The minimum absolute atomic E-state index is 0.548. The number of halogens is 6. The van der Waals surface area contributed by atoms with Gasteiger partial charge in [0.25, 0.3) is 0 Å². The molecule has 1 unspecified atom stereocenters. The van der Waals surface area contributed by atoms with Crippen LogP contribution in [0.1, 0.15) is 0 Å². The zero-order chi connectivity index (χ0) is 12.3. The molecule has 0 saturated carbocycles. The van der Waals surface area contributed by atoms with Crippen molar-refractivity contribution in [2.45, 2.75) is 11.0 Å². The van der Waals surface area contributed by atoms with Crippen LogP contribution in [0.2, 0.25) is 0 Å². The van der Waals surface area contributed by atoms with Crippen molar-refractivity contribution in [3.05, 3.63) is 29.8 Å². The Morgan fingerprint density at radius 2 is 1.88 bits per heavy atom. The fourth-order valence-corrected chi connectivity index (χ4v) is 0.985. The Balaban J connectivity index is 2.65. The number of benzene rings is 1. The van der Waals surface area contributed by atoms with Crippen molar-refractivity contribution in [1.29, 1.82) is 0 Å². The number of ether oxygens (including phenoxy) is 1. The molecule has 0 fully saturated rings. The van der Waals surface area contributed by atoms with Crippen LogP contribution in [0.25, 0.3) is 0 Å². The molecule has 0 spiro atoms. The minimum atomic E-state index is -4.50. The highest BCUT2D eigenvalue weighted by molar-refractivity contribution is 9.09. The van der Waals surface area contributed by atoms with E-state index >= 15 is 0 Å². The van der Waals surface area contributed by atoms with Crippen molar-refractivity contribution in [1.82, 2.24) is 0 Å². The van der Waals surface area contributed by atoms with Gasteiger partial charge >= 0.3 is 6.18 Å². The topological polar surface area (TPSA) is 9.23 Å². The molecule has 1 rings (SSSR count). The third kappa shape index (κ3) is 3.33. The minimum Gasteiger partial charge on any atom is -0.489 e. The van der Waals surface area contributed by atoms with Crippen LogP contribution >= 0.6 is 15.9 Å². The SMILES string of the molecule is Fc1cccc(OCC(Br)C(F)(F)F)c1F. The fourth-order valence-electron chi connectivity index (χ4n) is 0.853. The van der Waals surface area contributed by atoms with E-state index in [0.717, 1.165) is 18.2 Å². The van der Waals surface area contributed by atoms with Crippen molar-refractivity contribution in [3.8, 4) is 5.75 Å². The first-order valence-corrected chi connectivity index (χ1v) is 5.01. The van der Waals surface area contributed by atoms with Crippen LogP contribution in [0, 0.1) is 11.6 Å². The zero-order valence-electron chi connectivity index (χ0n) is 7.69. The summed E-state index contributed by atoms with van der Waals surface area (Å²) < 4.78 is 66.2. The number of alkyl halides is 4. The van der Waals surface area contributed by atoms with Crippen molar-refractivity contribution in [3.63, 3.8) is 0 Å². The number of rotatable bonds is 3. The largest absolute Gasteiger partial charge is 0.489 e. The Kier molecular flexibility index (Phi) is 4.12. The lowest BCUT2D eigenvalue weighted by atomic mass is 10.3. The van der Waals surface area contributed by atoms with Gasteiger partial charge in [-0.3, -0.25) is 0 Å². The van der Waals surface area contributed by atoms with Crippen LogP contribution in [-0.2, 0) is 0 Å². The summed E-state index contributed by atoms with van der Waals surface area (Å²) in [6, 6.07) is 3.04. The van der Waals surface area contributed by atoms with E-state index in [1.165, 1.54) is 0 Å². The third-order valence-corrected chi connectivity index (χ3v) is 2.44. The van der Waals surface area contributed by atoms with Crippen LogP contribution in [-0.4, -0.2) is 17.6 Å². The van der Waals surface area contributed by atoms with Crippen LogP contribution < -0.4 is 4.74 Å². The average Bonchev–Trinajstić information content (AvgIpc) is 2.18.